The van der Waals surface area contributed by atoms with Crippen molar-refractivity contribution in [3.8, 4) is 0 Å². The molecule has 0 spiro atoms. The summed E-state index contributed by atoms with van der Waals surface area (Å²) in [6, 6.07) is 0. The fourth-order valence-electron chi connectivity index (χ4n) is 3.05. The van der Waals surface area contributed by atoms with E-state index in [1.54, 1.807) is 13.8 Å². The van der Waals surface area contributed by atoms with Gasteiger partial charge in [-0.2, -0.15) is 0 Å². The van der Waals surface area contributed by atoms with Gasteiger partial charge >= 0.3 is 5.97 Å². The molecule has 1 fully saturated rings. The SMILES string of the molecule is CCOC(=O)c1c(NC(=O)[C@H]2CCCN(S(C)(=O)=O)C2)sc(C(=O)NC)c1C. The Morgan fingerprint density at radius 3 is 2.57 bits per heavy atom. The Balaban J connectivity index is 2.30. The third-order valence-electron chi connectivity index (χ3n) is 4.52. The molecule has 28 heavy (non-hydrogen) atoms. The van der Waals surface area contributed by atoms with Crippen LogP contribution in [-0.4, -0.2) is 63.5 Å². The minimum Gasteiger partial charge on any atom is -0.462 e. The van der Waals surface area contributed by atoms with Gasteiger partial charge in [-0.15, -0.1) is 11.3 Å². The van der Waals surface area contributed by atoms with Crippen LogP contribution in [0.2, 0.25) is 0 Å². The number of hydrogen-bond donors (Lipinski definition) is 2. The number of nitrogens with zero attached hydrogens (tertiary/aromatic N) is 1. The smallest absolute Gasteiger partial charge is 0.341 e. The molecule has 2 amide bonds. The monoisotopic (exact) mass is 431 g/mol. The number of ether oxygens (including phenoxy) is 1. The number of sulfonamides is 1. The topological polar surface area (TPSA) is 122 Å². The van der Waals surface area contributed by atoms with Crippen molar-refractivity contribution in [1.82, 2.24) is 9.62 Å². The van der Waals surface area contributed by atoms with Crippen LogP contribution < -0.4 is 10.6 Å². The van der Waals surface area contributed by atoms with Gasteiger partial charge in [0.1, 0.15) is 5.00 Å². The molecule has 0 bridgehead atoms. The molecule has 2 N–H and O–H groups in total. The molecule has 1 aromatic heterocycles. The van der Waals surface area contributed by atoms with Gasteiger partial charge in [-0.3, -0.25) is 9.59 Å². The van der Waals surface area contributed by atoms with Gasteiger partial charge in [0.15, 0.2) is 0 Å². The highest BCUT2D eigenvalue weighted by Crippen LogP contribution is 2.34. The molecule has 9 nitrogen and oxygen atoms in total. The zero-order chi connectivity index (χ0) is 21.1. The van der Waals surface area contributed by atoms with E-state index >= 15 is 0 Å². The molecule has 2 rings (SSSR count). The normalized spacial score (nSPS) is 17.8. The molecule has 0 radical (unpaired) electrons. The number of piperidine rings is 1. The molecule has 156 valence electrons. The van der Waals surface area contributed by atoms with E-state index < -0.39 is 21.9 Å². The van der Waals surface area contributed by atoms with Crippen molar-refractivity contribution < 1.29 is 27.5 Å². The second kappa shape index (κ2) is 9.01. The largest absolute Gasteiger partial charge is 0.462 e. The van der Waals surface area contributed by atoms with Crippen molar-refractivity contribution in [2.45, 2.75) is 26.7 Å². The Bertz CT molecular complexity index is 878. The van der Waals surface area contributed by atoms with E-state index in [0.717, 1.165) is 17.6 Å². The summed E-state index contributed by atoms with van der Waals surface area (Å²) in [5.41, 5.74) is 0.578. The summed E-state index contributed by atoms with van der Waals surface area (Å²) in [5, 5.41) is 5.45. The molecule has 1 atom stereocenters. The van der Waals surface area contributed by atoms with Crippen molar-refractivity contribution in [2.75, 3.05) is 38.3 Å². The first-order valence-corrected chi connectivity index (χ1v) is 11.5. The number of esters is 1. The van der Waals surface area contributed by atoms with Crippen LogP contribution >= 0.6 is 11.3 Å². The van der Waals surface area contributed by atoms with Crippen LogP contribution in [0.25, 0.3) is 0 Å². The quantitative estimate of drug-likeness (QED) is 0.653. The molecule has 1 aliphatic heterocycles. The average molecular weight is 432 g/mol. The summed E-state index contributed by atoms with van der Waals surface area (Å²) in [6.45, 7) is 3.92. The van der Waals surface area contributed by atoms with Gasteiger partial charge in [-0.05, 0) is 32.3 Å². The molecule has 0 saturated carbocycles. The molecule has 1 saturated heterocycles. The van der Waals surface area contributed by atoms with Crippen LogP contribution in [0, 0.1) is 12.8 Å². The molecule has 0 aromatic carbocycles. The summed E-state index contributed by atoms with van der Waals surface area (Å²) < 4.78 is 29.9. The lowest BCUT2D eigenvalue weighted by atomic mass is 9.99. The van der Waals surface area contributed by atoms with E-state index in [2.05, 4.69) is 10.6 Å². The summed E-state index contributed by atoms with van der Waals surface area (Å²) in [5.74, 6) is -1.91. The van der Waals surface area contributed by atoms with Gasteiger partial charge < -0.3 is 15.4 Å². The van der Waals surface area contributed by atoms with Crippen LogP contribution in [0.4, 0.5) is 5.00 Å². The lowest BCUT2D eigenvalue weighted by molar-refractivity contribution is -0.120. The average Bonchev–Trinajstić information content (AvgIpc) is 2.96. The summed E-state index contributed by atoms with van der Waals surface area (Å²) in [4.78, 5) is 37.5. The number of nitrogens with one attached hydrogen (secondary N) is 2. The van der Waals surface area contributed by atoms with E-state index in [9.17, 15) is 22.8 Å². The molecule has 1 aromatic rings. The van der Waals surface area contributed by atoms with Gasteiger partial charge in [0, 0.05) is 20.1 Å². The Labute approximate surface area is 168 Å². The second-order valence-electron chi connectivity index (χ2n) is 6.51. The van der Waals surface area contributed by atoms with Crippen molar-refractivity contribution in [3.63, 3.8) is 0 Å². The van der Waals surface area contributed by atoms with Crippen molar-refractivity contribution in [3.05, 3.63) is 16.0 Å². The zero-order valence-electron chi connectivity index (χ0n) is 16.3. The maximum atomic E-state index is 12.8. The first kappa shape index (κ1) is 22.3. The van der Waals surface area contributed by atoms with Gasteiger partial charge in [-0.1, -0.05) is 0 Å². The predicted octanol–water partition coefficient (Wildman–Crippen LogP) is 1.20. The molecular weight excluding hydrogens is 406 g/mol. The van der Waals surface area contributed by atoms with E-state index in [1.807, 2.05) is 0 Å². The van der Waals surface area contributed by atoms with Crippen LogP contribution in [-0.2, 0) is 19.6 Å². The molecule has 0 unspecified atom stereocenters. The van der Waals surface area contributed by atoms with Crippen LogP contribution in [0.5, 0.6) is 0 Å². The van der Waals surface area contributed by atoms with Gasteiger partial charge in [0.05, 0.1) is 29.2 Å². The number of thiophene rings is 1. The van der Waals surface area contributed by atoms with E-state index in [0.29, 0.717) is 29.8 Å². The van der Waals surface area contributed by atoms with Crippen molar-refractivity contribution in [2.24, 2.45) is 5.92 Å². The van der Waals surface area contributed by atoms with E-state index in [-0.39, 0.29) is 35.5 Å². The van der Waals surface area contributed by atoms with Crippen molar-refractivity contribution >= 4 is 44.1 Å². The second-order valence-corrected chi connectivity index (χ2v) is 9.51. The van der Waals surface area contributed by atoms with Crippen LogP contribution in [0.1, 0.15) is 45.4 Å². The number of carbonyl (C=O) groups excluding carboxylic acids is 3. The first-order valence-electron chi connectivity index (χ1n) is 8.88. The Kier molecular flexibility index (Phi) is 7.18. The number of amides is 2. The Hall–Kier alpha value is -1.98. The standard InChI is InChI=1S/C17H25N3O6S2/c1-5-26-17(23)12-10(2)13(15(22)18-3)27-16(12)19-14(21)11-7-6-8-20(9-11)28(4,24)25/h11H,5-9H2,1-4H3,(H,18,22)(H,19,21)/t11-/m0/s1. The summed E-state index contributed by atoms with van der Waals surface area (Å²) in [7, 11) is -1.90. The zero-order valence-corrected chi connectivity index (χ0v) is 18.0. The number of carbonyl (C=O) groups is 3. The Morgan fingerprint density at radius 2 is 2.00 bits per heavy atom. The maximum Gasteiger partial charge on any atom is 0.341 e. The summed E-state index contributed by atoms with van der Waals surface area (Å²) in [6.07, 6.45) is 2.23. The molecule has 2 heterocycles. The molecular formula is C17H25N3O6S2. The lowest BCUT2D eigenvalue weighted by Gasteiger charge is -2.30. The third-order valence-corrected chi connectivity index (χ3v) is 7.00. The Morgan fingerprint density at radius 1 is 1.32 bits per heavy atom. The van der Waals surface area contributed by atoms with Crippen LogP contribution in [0.15, 0.2) is 0 Å². The highest BCUT2D eigenvalue weighted by atomic mass is 32.2. The highest BCUT2D eigenvalue weighted by molar-refractivity contribution is 7.88. The molecule has 1 aliphatic rings. The van der Waals surface area contributed by atoms with E-state index in [1.165, 1.54) is 11.4 Å². The number of hydrogen-bond acceptors (Lipinski definition) is 7. The minimum atomic E-state index is -3.38. The maximum absolute atomic E-state index is 12.8. The van der Waals surface area contributed by atoms with Crippen molar-refractivity contribution in [1.29, 1.82) is 0 Å². The predicted molar refractivity (Wildman–Crippen MR) is 106 cm³/mol. The molecule has 11 heteroatoms. The third kappa shape index (κ3) is 4.89. The highest BCUT2D eigenvalue weighted by Gasteiger charge is 2.32. The van der Waals surface area contributed by atoms with Gasteiger partial charge in [-0.25, -0.2) is 17.5 Å². The molecule has 0 aliphatic carbocycles. The minimum absolute atomic E-state index is 0.0894. The number of rotatable bonds is 6. The number of anilines is 1. The summed E-state index contributed by atoms with van der Waals surface area (Å²) >= 11 is 0.995. The van der Waals surface area contributed by atoms with E-state index in [4.69, 9.17) is 4.74 Å². The first-order chi connectivity index (χ1) is 13.1. The van der Waals surface area contributed by atoms with Gasteiger partial charge in [0.25, 0.3) is 5.91 Å². The van der Waals surface area contributed by atoms with Gasteiger partial charge in [0.2, 0.25) is 15.9 Å². The fraction of sp³-hybridized carbons (Fsp3) is 0.588. The van der Waals surface area contributed by atoms with Crippen LogP contribution in [0.3, 0.4) is 0 Å². The fourth-order valence-corrected chi connectivity index (χ4v) is 5.11. The lowest BCUT2D eigenvalue weighted by Crippen LogP contribution is -2.43.